The summed E-state index contributed by atoms with van der Waals surface area (Å²) in [4.78, 5) is 25.3. The lowest BCUT2D eigenvalue weighted by molar-refractivity contribution is -0.151. The molecule has 0 atom stereocenters. The molecule has 0 aliphatic carbocycles. The van der Waals surface area contributed by atoms with Crippen molar-refractivity contribution in [2.45, 2.75) is 39.5 Å². The zero-order chi connectivity index (χ0) is 14.1. The molecule has 1 aliphatic rings. The Labute approximate surface area is 115 Å². The van der Waals surface area contributed by atoms with Gasteiger partial charge in [-0.15, -0.1) is 0 Å². The number of rotatable bonds is 7. The van der Waals surface area contributed by atoms with Gasteiger partial charge in [-0.1, -0.05) is 0 Å². The number of carbonyl (C=O) groups is 2. The van der Waals surface area contributed by atoms with E-state index < -0.39 is 0 Å². The van der Waals surface area contributed by atoms with Crippen LogP contribution in [0.15, 0.2) is 0 Å². The van der Waals surface area contributed by atoms with E-state index in [0.29, 0.717) is 39.3 Å². The molecule has 0 bridgehead atoms. The van der Waals surface area contributed by atoms with E-state index in [4.69, 9.17) is 9.47 Å². The van der Waals surface area contributed by atoms with E-state index in [0.717, 1.165) is 19.3 Å². The van der Waals surface area contributed by atoms with E-state index in [-0.39, 0.29) is 17.8 Å². The predicted molar refractivity (Wildman–Crippen MR) is 71.7 cm³/mol. The number of piperidine rings is 1. The third kappa shape index (κ3) is 5.59. The van der Waals surface area contributed by atoms with Gasteiger partial charge in [-0.2, -0.15) is 0 Å². The molecule has 0 saturated carbocycles. The van der Waals surface area contributed by atoms with Crippen LogP contribution in [-0.2, 0) is 19.1 Å². The van der Waals surface area contributed by atoms with Gasteiger partial charge in [-0.3, -0.25) is 9.59 Å². The molecule has 1 heterocycles. The summed E-state index contributed by atoms with van der Waals surface area (Å²) < 4.78 is 10.2. The summed E-state index contributed by atoms with van der Waals surface area (Å²) in [5.74, 6) is 0.0142. The summed E-state index contributed by atoms with van der Waals surface area (Å²) in [5.41, 5.74) is 0. The van der Waals surface area contributed by atoms with Crippen molar-refractivity contribution < 1.29 is 19.1 Å². The highest BCUT2D eigenvalue weighted by Crippen LogP contribution is 2.19. The zero-order valence-electron chi connectivity index (χ0n) is 12.0. The van der Waals surface area contributed by atoms with E-state index in [1.165, 1.54) is 0 Å². The maximum atomic E-state index is 11.9. The van der Waals surface area contributed by atoms with Gasteiger partial charge in [-0.25, -0.2) is 0 Å². The van der Waals surface area contributed by atoms with Crippen molar-refractivity contribution in [3.63, 3.8) is 0 Å². The normalized spacial score (nSPS) is 16.4. The number of hydrogen-bond acceptors (Lipinski definition) is 4. The Morgan fingerprint density at radius 2 is 1.84 bits per heavy atom. The van der Waals surface area contributed by atoms with E-state index in [9.17, 15) is 9.59 Å². The molecule has 1 amide bonds. The Hall–Kier alpha value is -1.10. The van der Waals surface area contributed by atoms with Crippen molar-refractivity contribution >= 4 is 11.9 Å². The average molecular weight is 271 g/mol. The predicted octanol–water partition coefficient (Wildman–Crippen LogP) is 1.60. The molecule has 110 valence electrons. The molecule has 0 N–H and O–H groups in total. The molecule has 5 heteroatoms. The zero-order valence-corrected chi connectivity index (χ0v) is 12.0. The fourth-order valence-electron chi connectivity index (χ4n) is 2.25. The van der Waals surface area contributed by atoms with Crippen molar-refractivity contribution in [1.82, 2.24) is 4.90 Å². The van der Waals surface area contributed by atoms with Crippen LogP contribution in [0.1, 0.15) is 39.5 Å². The topological polar surface area (TPSA) is 55.8 Å². The molecule has 0 spiro atoms. The fourth-order valence-corrected chi connectivity index (χ4v) is 2.25. The van der Waals surface area contributed by atoms with Crippen LogP contribution in [0.25, 0.3) is 0 Å². The highest BCUT2D eigenvalue weighted by molar-refractivity contribution is 5.77. The molecule has 0 unspecified atom stereocenters. The van der Waals surface area contributed by atoms with Crippen LogP contribution in [0, 0.1) is 5.92 Å². The minimum atomic E-state index is -0.119. The lowest BCUT2D eigenvalue weighted by atomic mass is 9.97. The SMILES string of the molecule is CCOCCCC(=O)N1CCC(C(=O)OCC)CC1. The van der Waals surface area contributed by atoms with E-state index in [2.05, 4.69) is 0 Å². The minimum absolute atomic E-state index is 0.0348. The Bertz CT molecular complexity index is 285. The van der Waals surface area contributed by atoms with Gasteiger partial charge in [0.05, 0.1) is 12.5 Å². The Kier molecular flexibility index (Phi) is 7.48. The lowest BCUT2D eigenvalue weighted by Gasteiger charge is -2.31. The van der Waals surface area contributed by atoms with Gasteiger partial charge < -0.3 is 14.4 Å². The van der Waals surface area contributed by atoms with Crippen molar-refractivity contribution in [1.29, 1.82) is 0 Å². The van der Waals surface area contributed by atoms with E-state index in [1.54, 1.807) is 0 Å². The summed E-state index contributed by atoms with van der Waals surface area (Å²) in [6.07, 6.45) is 2.74. The number of likely N-dealkylation sites (tertiary alicyclic amines) is 1. The molecule has 0 aromatic heterocycles. The molecule has 0 aromatic rings. The van der Waals surface area contributed by atoms with Gasteiger partial charge in [0, 0.05) is 32.7 Å². The first-order valence-electron chi connectivity index (χ1n) is 7.21. The first-order valence-corrected chi connectivity index (χ1v) is 7.21. The fraction of sp³-hybridized carbons (Fsp3) is 0.857. The minimum Gasteiger partial charge on any atom is -0.466 e. The Morgan fingerprint density at radius 1 is 1.16 bits per heavy atom. The second-order valence-electron chi connectivity index (χ2n) is 4.71. The third-order valence-corrected chi connectivity index (χ3v) is 3.35. The smallest absolute Gasteiger partial charge is 0.309 e. The number of carbonyl (C=O) groups excluding carboxylic acids is 2. The summed E-state index contributed by atoms with van der Waals surface area (Å²) in [6.45, 7) is 6.85. The molecule has 5 nitrogen and oxygen atoms in total. The quantitative estimate of drug-likeness (QED) is 0.521. The highest BCUT2D eigenvalue weighted by Gasteiger charge is 2.27. The standard InChI is InChI=1S/C14H25NO4/c1-3-18-11-5-6-13(16)15-9-7-12(8-10-15)14(17)19-4-2/h12H,3-11H2,1-2H3. The largest absolute Gasteiger partial charge is 0.466 e. The monoisotopic (exact) mass is 271 g/mol. The molecule has 1 aliphatic heterocycles. The number of amides is 1. The average Bonchev–Trinajstić information content (AvgIpc) is 2.44. The number of nitrogens with zero attached hydrogens (tertiary/aromatic N) is 1. The molecule has 0 aromatic carbocycles. The molecule has 1 saturated heterocycles. The first-order chi connectivity index (χ1) is 9.19. The van der Waals surface area contributed by atoms with Crippen LogP contribution in [0.3, 0.4) is 0 Å². The summed E-state index contributed by atoms with van der Waals surface area (Å²) in [7, 11) is 0. The number of hydrogen-bond donors (Lipinski definition) is 0. The maximum Gasteiger partial charge on any atom is 0.309 e. The molecule has 0 radical (unpaired) electrons. The Balaban J connectivity index is 2.21. The van der Waals surface area contributed by atoms with Crippen LogP contribution in [0.2, 0.25) is 0 Å². The molecule has 1 fully saturated rings. The number of ether oxygens (including phenoxy) is 2. The van der Waals surface area contributed by atoms with E-state index in [1.807, 2.05) is 18.7 Å². The van der Waals surface area contributed by atoms with Crippen molar-refractivity contribution in [2.24, 2.45) is 5.92 Å². The maximum absolute atomic E-state index is 11.9. The van der Waals surface area contributed by atoms with Crippen molar-refractivity contribution in [2.75, 3.05) is 32.9 Å². The summed E-state index contributed by atoms with van der Waals surface area (Å²) in [5, 5.41) is 0. The van der Waals surface area contributed by atoms with Crippen LogP contribution in [0.4, 0.5) is 0 Å². The van der Waals surface area contributed by atoms with Crippen LogP contribution in [-0.4, -0.2) is 49.7 Å². The highest BCUT2D eigenvalue weighted by atomic mass is 16.5. The van der Waals surface area contributed by atoms with Crippen molar-refractivity contribution in [3.05, 3.63) is 0 Å². The van der Waals surface area contributed by atoms with Gasteiger partial charge >= 0.3 is 5.97 Å². The first kappa shape index (κ1) is 16.0. The third-order valence-electron chi connectivity index (χ3n) is 3.35. The van der Waals surface area contributed by atoms with Gasteiger partial charge in [0.25, 0.3) is 0 Å². The Morgan fingerprint density at radius 3 is 2.42 bits per heavy atom. The van der Waals surface area contributed by atoms with Crippen molar-refractivity contribution in [3.8, 4) is 0 Å². The van der Waals surface area contributed by atoms with Crippen LogP contribution >= 0.6 is 0 Å². The van der Waals surface area contributed by atoms with Crippen LogP contribution in [0.5, 0.6) is 0 Å². The van der Waals surface area contributed by atoms with Gasteiger partial charge in [-0.05, 0) is 33.1 Å². The molecular weight excluding hydrogens is 246 g/mol. The lowest BCUT2D eigenvalue weighted by Crippen LogP contribution is -2.40. The van der Waals surface area contributed by atoms with Gasteiger partial charge in [0.15, 0.2) is 0 Å². The second-order valence-corrected chi connectivity index (χ2v) is 4.71. The number of esters is 1. The van der Waals surface area contributed by atoms with Crippen LogP contribution < -0.4 is 0 Å². The summed E-state index contributed by atoms with van der Waals surface area (Å²) >= 11 is 0. The van der Waals surface area contributed by atoms with Gasteiger partial charge in [0.2, 0.25) is 5.91 Å². The second kappa shape index (κ2) is 8.91. The van der Waals surface area contributed by atoms with E-state index >= 15 is 0 Å². The molecule has 1 rings (SSSR count). The summed E-state index contributed by atoms with van der Waals surface area (Å²) in [6, 6.07) is 0. The molecule has 19 heavy (non-hydrogen) atoms. The molecular formula is C14H25NO4. The van der Waals surface area contributed by atoms with Gasteiger partial charge in [0.1, 0.15) is 0 Å².